The highest BCUT2D eigenvalue weighted by atomic mass is 15.7. The Morgan fingerprint density at radius 3 is 2.54 bits per heavy atom. The minimum absolute atomic E-state index is 0.211. The molecule has 2 aliphatic heterocycles. The average molecular weight is 396 g/mol. The van der Waals surface area contributed by atoms with Gasteiger partial charge in [-0.3, -0.25) is 10.6 Å². The third-order valence-electron chi connectivity index (χ3n) is 7.72. The van der Waals surface area contributed by atoms with Crippen molar-refractivity contribution in [1.82, 2.24) is 26.4 Å². The van der Waals surface area contributed by atoms with E-state index in [0.29, 0.717) is 30.1 Å². The van der Waals surface area contributed by atoms with Gasteiger partial charge in [0.25, 0.3) is 0 Å². The van der Waals surface area contributed by atoms with Crippen LogP contribution in [0.15, 0.2) is 0 Å². The van der Waals surface area contributed by atoms with E-state index in [0.717, 1.165) is 19.0 Å². The van der Waals surface area contributed by atoms with E-state index in [1.54, 1.807) is 0 Å². The molecule has 4 aliphatic rings. The van der Waals surface area contributed by atoms with Crippen LogP contribution < -0.4 is 32.4 Å². The molecule has 0 spiro atoms. The lowest BCUT2D eigenvalue weighted by Crippen LogP contribution is -3.08. The van der Waals surface area contributed by atoms with Crippen molar-refractivity contribution < 1.29 is 11.1 Å². The normalized spacial score (nSPS) is 40.7. The van der Waals surface area contributed by atoms with Gasteiger partial charge in [-0.25, -0.2) is 10.7 Å². The third kappa shape index (κ3) is 5.06. The summed E-state index contributed by atoms with van der Waals surface area (Å²) in [4.78, 5) is 0. The highest BCUT2D eigenvalue weighted by Crippen LogP contribution is 2.25. The zero-order valence-electron chi connectivity index (χ0n) is 18.1. The summed E-state index contributed by atoms with van der Waals surface area (Å²) < 4.78 is 0. The standard InChI is InChI=1S/C21H43N7/c1-14(2)18-13-24-28-19(18)26-20(25-17-10-8-16(22)9-11-17)27-21(28)23-12-15-6-4-3-5-7-15/h14-21,23-27H,3-13,22H2,1-2H3/p+2. The molecule has 0 amide bonds. The van der Waals surface area contributed by atoms with Gasteiger partial charge < -0.3 is 11.1 Å². The first-order valence-electron chi connectivity index (χ1n) is 12.1. The highest BCUT2D eigenvalue weighted by molar-refractivity contribution is 4.87. The quantitative estimate of drug-likeness (QED) is 0.363. The lowest BCUT2D eigenvalue weighted by Gasteiger charge is -2.43. The zero-order valence-corrected chi connectivity index (χ0v) is 18.1. The fraction of sp³-hybridized carbons (Fsp3) is 1.00. The number of fused-ring (bicyclic) bond motifs is 1. The first-order chi connectivity index (χ1) is 13.6. The van der Waals surface area contributed by atoms with Crippen molar-refractivity contribution in [1.29, 1.82) is 0 Å². The van der Waals surface area contributed by atoms with Crippen molar-refractivity contribution in [3.63, 3.8) is 0 Å². The van der Waals surface area contributed by atoms with Gasteiger partial charge in [-0.05, 0) is 37.5 Å². The van der Waals surface area contributed by atoms with E-state index in [1.807, 2.05) is 0 Å². The van der Waals surface area contributed by atoms with Gasteiger partial charge in [0.1, 0.15) is 6.29 Å². The summed E-state index contributed by atoms with van der Waals surface area (Å²) in [5, 5.41) is 16.6. The molecule has 7 heteroatoms. The Bertz CT molecular complexity index is 473. The number of quaternary nitrogens is 2. The second-order valence-electron chi connectivity index (χ2n) is 10.2. The van der Waals surface area contributed by atoms with E-state index in [1.165, 1.54) is 57.8 Å². The molecule has 0 radical (unpaired) electrons. The molecule has 4 fully saturated rings. The van der Waals surface area contributed by atoms with Gasteiger partial charge in [0.05, 0.1) is 6.04 Å². The average Bonchev–Trinajstić information content (AvgIpc) is 3.13. The van der Waals surface area contributed by atoms with Crippen LogP contribution in [-0.2, 0) is 0 Å². The van der Waals surface area contributed by atoms with Crippen LogP contribution in [0.4, 0.5) is 0 Å². The fourth-order valence-electron chi connectivity index (χ4n) is 5.79. The molecule has 0 aromatic heterocycles. The van der Waals surface area contributed by atoms with Crippen molar-refractivity contribution in [2.45, 2.75) is 102 Å². The maximum atomic E-state index is 4.26. The molecular weight excluding hydrogens is 350 g/mol. The Labute approximate surface area is 171 Å². The lowest BCUT2D eigenvalue weighted by molar-refractivity contribution is -0.768. The Balaban J connectivity index is 1.37. The molecule has 4 atom stereocenters. The van der Waals surface area contributed by atoms with Gasteiger partial charge in [-0.1, -0.05) is 33.1 Å². The fourth-order valence-corrected chi connectivity index (χ4v) is 5.79. The molecule has 0 aromatic carbocycles. The summed E-state index contributed by atoms with van der Waals surface area (Å²) in [7, 11) is 0. The van der Waals surface area contributed by atoms with E-state index in [2.05, 4.69) is 51.3 Å². The summed E-state index contributed by atoms with van der Waals surface area (Å²) in [5.41, 5.74) is 7.96. The minimum Gasteiger partial charge on any atom is -0.355 e. The molecule has 162 valence electrons. The van der Waals surface area contributed by atoms with Crippen LogP contribution in [0, 0.1) is 17.8 Å². The molecule has 9 N–H and O–H groups in total. The topological polar surface area (TPSA) is 95.6 Å². The number of nitrogens with two attached hydrogens (primary N) is 1. The summed E-state index contributed by atoms with van der Waals surface area (Å²) in [6.07, 6.45) is 13.1. The predicted octanol–water partition coefficient (Wildman–Crippen LogP) is -0.549. The first-order valence-corrected chi connectivity index (χ1v) is 12.1. The van der Waals surface area contributed by atoms with Crippen molar-refractivity contribution in [3.8, 4) is 0 Å². The molecule has 7 nitrogen and oxygen atoms in total. The maximum Gasteiger partial charge on any atom is 0.200 e. The summed E-state index contributed by atoms with van der Waals surface area (Å²) in [6, 6.07) is 1.29. The largest absolute Gasteiger partial charge is 0.355 e. The molecule has 4 rings (SSSR count). The van der Waals surface area contributed by atoms with Crippen molar-refractivity contribution in [2.24, 2.45) is 17.8 Å². The van der Waals surface area contributed by atoms with Crippen LogP contribution in [0.5, 0.6) is 0 Å². The Morgan fingerprint density at radius 2 is 1.82 bits per heavy atom. The minimum atomic E-state index is 0.211. The summed E-state index contributed by atoms with van der Waals surface area (Å²) >= 11 is 0. The molecule has 2 aliphatic carbocycles. The second kappa shape index (κ2) is 9.69. The molecule has 28 heavy (non-hydrogen) atoms. The van der Waals surface area contributed by atoms with Crippen LogP contribution in [0.25, 0.3) is 0 Å². The number of hydrogen-bond donors (Lipinski definition) is 6. The molecule has 2 heterocycles. The van der Waals surface area contributed by atoms with Gasteiger partial charge in [-0.15, -0.1) is 0 Å². The predicted molar refractivity (Wildman–Crippen MR) is 111 cm³/mol. The van der Waals surface area contributed by atoms with Crippen LogP contribution in [-0.4, -0.2) is 48.9 Å². The van der Waals surface area contributed by atoms with Crippen LogP contribution in [0.2, 0.25) is 0 Å². The van der Waals surface area contributed by atoms with Gasteiger partial charge in [0.15, 0.2) is 6.17 Å². The van der Waals surface area contributed by atoms with Gasteiger partial charge >= 0.3 is 0 Å². The molecule has 2 saturated heterocycles. The SMILES string of the molecule is CC(C)C1CNN2C(NCC3CCCCC3)NC(NC3CCC([NH3+])CC3)[NH2+]C12. The number of rotatable bonds is 6. The van der Waals surface area contributed by atoms with Crippen molar-refractivity contribution in [3.05, 3.63) is 0 Å². The Hall–Kier alpha value is -0.280. The third-order valence-corrected chi connectivity index (χ3v) is 7.72. The summed E-state index contributed by atoms with van der Waals surface area (Å²) in [6.45, 7) is 6.96. The monoisotopic (exact) mass is 395 g/mol. The van der Waals surface area contributed by atoms with E-state index < -0.39 is 0 Å². The van der Waals surface area contributed by atoms with Crippen molar-refractivity contribution >= 4 is 0 Å². The molecular formula is C21H45N7+2. The van der Waals surface area contributed by atoms with E-state index in [4.69, 9.17) is 0 Å². The van der Waals surface area contributed by atoms with Gasteiger partial charge in [-0.2, -0.15) is 5.01 Å². The number of hydrazine groups is 1. The van der Waals surface area contributed by atoms with E-state index >= 15 is 0 Å². The number of hydrogen-bond acceptors (Lipinski definition) is 5. The second-order valence-corrected chi connectivity index (χ2v) is 10.2. The number of nitrogens with one attached hydrogen (secondary N) is 4. The zero-order chi connectivity index (χ0) is 19.5. The van der Waals surface area contributed by atoms with Crippen LogP contribution >= 0.6 is 0 Å². The van der Waals surface area contributed by atoms with Crippen LogP contribution in [0.1, 0.15) is 71.6 Å². The van der Waals surface area contributed by atoms with Crippen LogP contribution in [0.3, 0.4) is 0 Å². The molecule has 0 aromatic rings. The smallest absolute Gasteiger partial charge is 0.200 e. The Morgan fingerprint density at radius 1 is 1.07 bits per heavy atom. The molecule has 4 unspecified atom stereocenters. The first kappa shape index (κ1) is 21.0. The van der Waals surface area contributed by atoms with Gasteiger partial charge in [0.2, 0.25) is 6.29 Å². The molecule has 2 saturated carbocycles. The van der Waals surface area contributed by atoms with Gasteiger partial charge in [0, 0.05) is 37.9 Å². The van der Waals surface area contributed by atoms with E-state index in [9.17, 15) is 0 Å². The molecule has 0 bridgehead atoms. The lowest BCUT2D eigenvalue weighted by atomic mass is 9.89. The van der Waals surface area contributed by atoms with Crippen molar-refractivity contribution in [2.75, 3.05) is 13.1 Å². The Kier molecular flexibility index (Phi) is 7.25. The summed E-state index contributed by atoms with van der Waals surface area (Å²) in [5.74, 6) is 2.22. The highest BCUT2D eigenvalue weighted by Gasteiger charge is 2.48. The van der Waals surface area contributed by atoms with E-state index in [-0.39, 0.29) is 12.6 Å². The maximum absolute atomic E-state index is 4.26. The number of nitrogens with zero attached hydrogens (tertiary/aromatic N) is 1.